The van der Waals surface area contributed by atoms with Gasteiger partial charge in [-0.05, 0) is 25.3 Å². The highest BCUT2D eigenvalue weighted by molar-refractivity contribution is 5.06. The fraction of sp³-hybridized carbons (Fsp3) is 0.500. The molecule has 2 heterocycles. The predicted octanol–water partition coefficient (Wildman–Crippen LogP) is 1.62. The molecular formula is C8H10N. The van der Waals surface area contributed by atoms with E-state index in [1.807, 2.05) is 6.07 Å². The predicted molar refractivity (Wildman–Crippen MR) is 36.2 cm³/mol. The van der Waals surface area contributed by atoms with Gasteiger partial charge in [0.15, 0.2) is 0 Å². The second-order valence-corrected chi connectivity index (χ2v) is 2.56. The molecule has 0 aliphatic carbocycles. The van der Waals surface area contributed by atoms with E-state index in [-0.39, 0.29) is 0 Å². The molecule has 1 aliphatic heterocycles. The average Bonchev–Trinajstić information content (AvgIpc) is 2.33. The van der Waals surface area contributed by atoms with E-state index in [1.165, 1.54) is 31.5 Å². The van der Waals surface area contributed by atoms with Crippen LogP contribution >= 0.6 is 0 Å². The van der Waals surface area contributed by atoms with E-state index < -0.39 is 0 Å². The maximum atomic E-state index is 3.22. The second kappa shape index (κ2) is 1.90. The van der Waals surface area contributed by atoms with E-state index in [2.05, 4.69) is 16.8 Å². The van der Waals surface area contributed by atoms with Crippen molar-refractivity contribution in [3.05, 3.63) is 24.0 Å². The summed E-state index contributed by atoms with van der Waals surface area (Å²) in [7, 11) is 0. The summed E-state index contributed by atoms with van der Waals surface area (Å²) >= 11 is 0. The molecule has 0 saturated heterocycles. The maximum Gasteiger partial charge on any atom is 0.0254 e. The summed E-state index contributed by atoms with van der Waals surface area (Å²) in [5, 5.41) is 0. The molecule has 1 aromatic heterocycles. The van der Waals surface area contributed by atoms with Crippen LogP contribution < -0.4 is 0 Å². The molecule has 0 fully saturated rings. The van der Waals surface area contributed by atoms with Crippen LogP contribution in [0.25, 0.3) is 0 Å². The first-order chi connectivity index (χ1) is 4.47. The molecule has 2 rings (SSSR count). The van der Waals surface area contributed by atoms with Gasteiger partial charge >= 0.3 is 0 Å². The van der Waals surface area contributed by atoms with Gasteiger partial charge in [-0.15, -0.1) is 0 Å². The number of hydrogen-bond acceptors (Lipinski definition) is 0. The Morgan fingerprint density at radius 2 is 2.44 bits per heavy atom. The highest BCUT2D eigenvalue weighted by Gasteiger charge is 2.05. The smallest absolute Gasteiger partial charge is 0.0254 e. The third-order valence-corrected chi connectivity index (χ3v) is 1.91. The first-order valence-electron chi connectivity index (χ1n) is 3.52. The van der Waals surface area contributed by atoms with Gasteiger partial charge in [-0.2, -0.15) is 0 Å². The Labute approximate surface area is 55.3 Å². The van der Waals surface area contributed by atoms with Gasteiger partial charge in [-0.3, -0.25) is 0 Å². The van der Waals surface area contributed by atoms with Crippen LogP contribution in [-0.2, 0) is 13.0 Å². The van der Waals surface area contributed by atoms with Crippen molar-refractivity contribution in [1.29, 1.82) is 0 Å². The minimum Gasteiger partial charge on any atom is -0.351 e. The first-order valence-corrected chi connectivity index (χ1v) is 3.52. The van der Waals surface area contributed by atoms with Crippen molar-refractivity contribution in [2.45, 2.75) is 25.8 Å². The zero-order valence-electron chi connectivity index (χ0n) is 5.43. The molecule has 1 nitrogen and oxygen atoms in total. The largest absolute Gasteiger partial charge is 0.351 e. The molecule has 1 radical (unpaired) electrons. The molecule has 47 valence electrons. The molecule has 0 amide bonds. The zero-order valence-corrected chi connectivity index (χ0v) is 5.43. The van der Waals surface area contributed by atoms with Gasteiger partial charge in [0.2, 0.25) is 0 Å². The van der Waals surface area contributed by atoms with Gasteiger partial charge in [-0.25, -0.2) is 0 Å². The molecule has 0 bridgehead atoms. The molecule has 1 heteroatoms. The van der Waals surface area contributed by atoms with E-state index in [1.54, 1.807) is 0 Å². The number of rotatable bonds is 0. The summed E-state index contributed by atoms with van der Waals surface area (Å²) in [4.78, 5) is 0. The van der Waals surface area contributed by atoms with Crippen molar-refractivity contribution in [3.63, 3.8) is 0 Å². The van der Waals surface area contributed by atoms with Crippen LogP contribution in [0.3, 0.4) is 0 Å². The Morgan fingerprint density at radius 3 is 3.33 bits per heavy atom. The third kappa shape index (κ3) is 0.766. The van der Waals surface area contributed by atoms with Crippen LogP contribution in [0.1, 0.15) is 18.5 Å². The molecule has 0 unspecified atom stereocenters. The summed E-state index contributed by atoms with van der Waals surface area (Å²) in [6.07, 6.45) is 6.04. The normalized spacial score (nSPS) is 17.3. The maximum absolute atomic E-state index is 3.22. The minimum atomic E-state index is 1.21. The van der Waals surface area contributed by atoms with Crippen molar-refractivity contribution < 1.29 is 0 Å². The monoisotopic (exact) mass is 120 g/mol. The second-order valence-electron chi connectivity index (χ2n) is 2.56. The summed E-state index contributed by atoms with van der Waals surface area (Å²) in [6, 6.07) is 5.24. The number of aromatic nitrogens is 1. The first kappa shape index (κ1) is 5.10. The summed E-state index contributed by atoms with van der Waals surface area (Å²) in [5.41, 5.74) is 1.39. The minimum absolute atomic E-state index is 1.21. The highest BCUT2D eigenvalue weighted by Crippen LogP contribution is 2.13. The Bertz CT molecular complexity index is 180. The van der Waals surface area contributed by atoms with Gasteiger partial charge < -0.3 is 4.57 Å². The van der Waals surface area contributed by atoms with E-state index in [9.17, 15) is 0 Å². The van der Waals surface area contributed by atoms with Gasteiger partial charge in [0, 0.05) is 24.5 Å². The van der Waals surface area contributed by atoms with Crippen LogP contribution in [0, 0.1) is 6.07 Å². The molecule has 1 aliphatic rings. The van der Waals surface area contributed by atoms with Crippen LogP contribution in [0.4, 0.5) is 0 Å². The number of aryl methyl sites for hydroxylation is 2. The number of nitrogens with zero attached hydrogens (tertiary/aromatic N) is 1. The lowest BCUT2D eigenvalue weighted by Crippen LogP contribution is -2.07. The van der Waals surface area contributed by atoms with E-state index in [0.29, 0.717) is 0 Å². The van der Waals surface area contributed by atoms with Crippen molar-refractivity contribution in [3.8, 4) is 0 Å². The fourth-order valence-corrected chi connectivity index (χ4v) is 1.40. The van der Waals surface area contributed by atoms with Crippen molar-refractivity contribution >= 4 is 0 Å². The van der Waals surface area contributed by atoms with E-state index in [4.69, 9.17) is 0 Å². The molecular weight excluding hydrogens is 110 g/mol. The average molecular weight is 120 g/mol. The molecule has 0 spiro atoms. The Balaban J connectivity index is 2.39. The van der Waals surface area contributed by atoms with E-state index >= 15 is 0 Å². The van der Waals surface area contributed by atoms with Crippen LogP contribution in [-0.4, -0.2) is 4.57 Å². The molecule has 9 heavy (non-hydrogen) atoms. The van der Waals surface area contributed by atoms with Crippen molar-refractivity contribution in [2.75, 3.05) is 0 Å². The Hall–Kier alpha value is -0.720. The van der Waals surface area contributed by atoms with E-state index in [0.717, 1.165) is 0 Å². The molecule has 0 aromatic carbocycles. The van der Waals surface area contributed by atoms with Gasteiger partial charge in [-0.1, -0.05) is 0 Å². The summed E-state index contributed by atoms with van der Waals surface area (Å²) in [5.74, 6) is 0. The van der Waals surface area contributed by atoms with Crippen LogP contribution in [0.15, 0.2) is 12.3 Å². The van der Waals surface area contributed by atoms with Crippen LogP contribution in [0.5, 0.6) is 0 Å². The summed E-state index contributed by atoms with van der Waals surface area (Å²) in [6.45, 7) is 1.21. The Kier molecular flexibility index (Phi) is 1.08. The van der Waals surface area contributed by atoms with Gasteiger partial charge in [0.25, 0.3) is 0 Å². The number of fused-ring (bicyclic) bond motifs is 1. The lowest BCUT2D eigenvalue weighted by atomic mass is 10.1. The topological polar surface area (TPSA) is 4.93 Å². The van der Waals surface area contributed by atoms with Gasteiger partial charge in [0.1, 0.15) is 0 Å². The standard InChI is InChI=1S/C8H10N/c1-2-6-9-7-3-5-8(9)4-1/h3,7H,1-2,4,6H2. The zero-order chi connectivity index (χ0) is 6.10. The summed E-state index contributed by atoms with van der Waals surface area (Å²) < 4.78 is 2.30. The third-order valence-electron chi connectivity index (χ3n) is 1.91. The van der Waals surface area contributed by atoms with Crippen molar-refractivity contribution in [1.82, 2.24) is 4.57 Å². The number of hydrogen-bond donors (Lipinski definition) is 0. The Morgan fingerprint density at radius 1 is 1.44 bits per heavy atom. The van der Waals surface area contributed by atoms with Gasteiger partial charge in [0.05, 0.1) is 0 Å². The highest BCUT2D eigenvalue weighted by atomic mass is 15.0. The molecule has 1 aromatic rings. The SMILES string of the molecule is [c]1ccn2c1CCCC2. The van der Waals surface area contributed by atoms with Crippen molar-refractivity contribution in [2.24, 2.45) is 0 Å². The fourth-order valence-electron chi connectivity index (χ4n) is 1.40. The molecule has 0 atom stereocenters. The lowest BCUT2D eigenvalue weighted by molar-refractivity contribution is 0.532. The molecule has 0 saturated carbocycles. The lowest BCUT2D eigenvalue weighted by Gasteiger charge is -2.13. The molecule has 0 N–H and O–H groups in total. The van der Waals surface area contributed by atoms with Crippen LogP contribution in [0.2, 0.25) is 0 Å². The quantitative estimate of drug-likeness (QED) is 0.490.